The molecule has 2 heterocycles. The van der Waals surface area contributed by atoms with E-state index in [9.17, 15) is 4.79 Å². The van der Waals surface area contributed by atoms with E-state index in [4.69, 9.17) is 4.98 Å². The van der Waals surface area contributed by atoms with E-state index in [1.807, 2.05) is 71.1 Å². The molecule has 0 unspecified atom stereocenters. The van der Waals surface area contributed by atoms with Crippen molar-refractivity contribution >= 4 is 45.0 Å². The highest BCUT2D eigenvalue weighted by Crippen LogP contribution is 2.30. The molecule has 0 saturated heterocycles. The van der Waals surface area contributed by atoms with Gasteiger partial charge >= 0.3 is 0 Å². The molecule has 0 saturated carbocycles. The predicted molar refractivity (Wildman–Crippen MR) is 135 cm³/mol. The summed E-state index contributed by atoms with van der Waals surface area (Å²) in [5.41, 5.74) is 3.28. The zero-order valence-electron chi connectivity index (χ0n) is 18.6. The zero-order valence-corrected chi connectivity index (χ0v) is 20.2. The normalized spacial score (nSPS) is 11.0. The lowest BCUT2D eigenvalue weighted by Gasteiger charge is -2.24. The molecule has 4 rings (SSSR count). The minimum Gasteiger partial charge on any atom is -0.302 e. The lowest BCUT2D eigenvalue weighted by molar-refractivity contribution is 0.0983. The van der Waals surface area contributed by atoms with Crippen molar-refractivity contribution in [2.45, 2.75) is 20.8 Å². The Bertz CT molecular complexity index is 1140. The Morgan fingerprint density at radius 3 is 2.38 bits per heavy atom. The molecule has 0 aliphatic rings. The number of rotatable bonds is 8. The zero-order chi connectivity index (χ0) is 21.8. The van der Waals surface area contributed by atoms with Crippen molar-refractivity contribution in [3.05, 3.63) is 72.1 Å². The maximum Gasteiger partial charge on any atom is 0.263 e. The molecule has 0 bridgehead atoms. The lowest BCUT2D eigenvalue weighted by atomic mass is 10.2. The first kappa shape index (κ1) is 23.9. The summed E-state index contributed by atoms with van der Waals surface area (Å²) < 4.78 is 2.89. The molecule has 0 aliphatic carbocycles. The van der Waals surface area contributed by atoms with E-state index in [0.717, 1.165) is 46.4 Å². The van der Waals surface area contributed by atoms with Crippen LogP contribution in [0, 0.1) is 6.92 Å². The summed E-state index contributed by atoms with van der Waals surface area (Å²) in [7, 11) is 0. The fraction of sp³-hybridized carbons (Fsp3) is 0.292. The molecule has 0 atom stereocenters. The number of halogens is 1. The van der Waals surface area contributed by atoms with Crippen molar-refractivity contribution in [2.24, 2.45) is 0 Å². The number of carbonyl (C=O) groups is 1. The number of hydrogen-bond donors (Lipinski definition) is 0. The molecular weight excluding hydrogens is 442 g/mol. The van der Waals surface area contributed by atoms with Crippen LogP contribution in [0.4, 0.5) is 5.13 Å². The van der Waals surface area contributed by atoms with Crippen LogP contribution in [-0.4, -0.2) is 51.8 Å². The fourth-order valence-corrected chi connectivity index (χ4v) is 4.63. The SMILES string of the molecule is CCN(CC)CCN(C(=O)c1cnn(-c2ccccc2)c1C)c1nc2ccccc2s1.Cl. The van der Waals surface area contributed by atoms with Crippen molar-refractivity contribution in [1.29, 1.82) is 0 Å². The van der Waals surface area contributed by atoms with Gasteiger partial charge < -0.3 is 4.90 Å². The van der Waals surface area contributed by atoms with E-state index < -0.39 is 0 Å². The van der Waals surface area contributed by atoms with E-state index in [2.05, 4.69) is 23.8 Å². The van der Waals surface area contributed by atoms with E-state index in [1.165, 1.54) is 0 Å². The number of benzene rings is 2. The number of carbonyl (C=O) groups excluding carboxylic acids is 1. The average Bonchev–Trinajstić information content (AvgIpc) is 3.40. The van der Waals surface area contributed by atoms with Crippen molar-refractivity contribution in [3.8, 4) is 5.69 Å². The van der Waals surface area contributed by atoms with Crippen LogP contribution >= 0.6 is 23.7 Å². The van der Waals surface area contributed by atoms with Crippen molar-refractivity contribution in [2.75, 3.05) is 31.1 Å². The number of amides is 1. The van der Waals surface area contributed by atoms with Crippen LogP contribution in [0.25, 0.3) is 15.9 Å². The van der Waals surface area contributed by atoms with Crippen LogP contribution in [0.1, 0.15) is 29.9 Å². The number of likely N-dealkylation sites (N-methyl/N-ethyl adjacent to an activating group) is 1. The molecule has 8 heteroatoms. The summed E-state index contributed by atoms with van der Waals surface area (Å²) in [6.45, 7) is 9.49. The molecule has 2 aromatic heterocycles. The summed E-state index contributed by atoms with van der Waals surface area (Å²) >= 11 is 1.55. The summed E-state index contributed by atoms with van der Waals surface area (Å²) in [4.78, 5) is 22.6. The first-order valence-electron chi connectivity index (χ1n) is 10.6. The molecule has 4 aromatic rings. The summed E-state index contributed by atoms with van der Waals surface area (Å²) in [5.74, 6) is -0.0640. The molecule has 0 aliphatic heterocycles. The predicted octanol–water partition coefficient (Wildman–Crippen LogP) is 5.20. The van der Waals surface area contributed by atoms with Gasteiger partial charge in [0.1, 0.15) is 0 Å². The van der Waals surface area contributed by atoms with Crippen molar-refractivity contribution in [3.63, 3.8) is 0 Å². The number of aromatic nitrogens is 3. The van der Waals surface area contributed by atoms with Crippen LogP contribution < -0.4 is 4.90 Å². The standard InChI is InChI=1S/C24H27N5OS.ClH/c1-4-27(5-2)15-16-28(24-26-21-13-9-10-14-22(21)31-24)23(30)20-17-25-29(18(20)3)19-11-7-6-8-12-19;/h6-14,17H,4-5,15-16H2,1-3H3;1H. The second-order valence-corrected chi connectivity index (χ2v) is 8.35. The molecule has 0 spiro atoms. The van der Waals surface area contributed by atoms with Gasteiger partial charge in [-0.2, -0.15) is 5.10 Å². The van der Waals surface area contributed by atoms with Crippen LogP contribution in [0.3, 0.4) is 0 Å². The van der Waals surface area contributed by atoms with Gasteiger partial charge in [-0.25, -0.2) is 9.67 Å². The maximum atomic E-state index is 13.7. The Morgan fingerprint density at radius 2 is 1.69 bits per heavy atom. The molecular formula is C24H28ClN5OS. The van der Waals surface area contributed by atoms with Crippen molar-refractivity contribution in [1.82, 2.24) is 19.7 Å². The van der Waals surface area contributed by atoms with E-state index in [1.54, 1.807) is 17.5 Å². The molecule has 32 heavy (non-hydrogen) atoms. The maximum absolute atomic E-state index is 13.7. The topological polar surface area (TPSA) is 54.3 Å². The summed E-state index contributed by atoms with van der Waals surface area (Å²) in [5, 5.41) is 5.22. The average molecular weight is 470 g/mol. The second-order valence-electron chi connectivity index (χ2n) is 7.34. The third kappa shape index (κ3) is 4.85. The van der Waals surface area contributed by atoms with Crippen LogP contribution in [-0.2, 0) is 0 Å². The Morgan fingerprint density at radius 1 is 1.00 bits per heavy atom. The van der Waals surface area contributed by atoms with Gasteiger partial charge in [0.05, 0.1) is 33.4 Å². The molecule has 2 aromatic carbocycles. The lowest BCUT2D eigenvalue weighted by Crippen LogP contribution is -2.39. The molecule has 1 amide bonds. The molecule has 168 valence electrons. The highest BCUT2D eigenvalue weighted by atomic mass is 35.5. The Labute approximate surface area is 198 Å². The van der Waals surface area contributed by atoms with Crippen LogP contribution in [0.5, 0.6) is 0 Å². The van der Waals surface area contributed by atoms with E-state index >= 15 is 0 Å². The van der Waals surface area contributed by atoms with Gasteiger partial charge in [0, 0.05) is 13.1 Å². The number of anilines is 1. The number of nitrogens with zero attached hydrogens (tertiary/aromatic N) is 5. The van der Waals surface area contributed by atoms with Gasteiger partial charge in [-0.1, -0.05) is 55.5 Å². The highest BCUT2D eigenvalue weighted by Gasteiger charge is 2.25. The first-order valence-corrected chi connectivity index (χ1v) is 11.4. The first-order chi connectivity index (χ1) is 15.1. The van der Waals surface area contributed by atoms with Gasteiger partial charge in [-0.05, 0) is 44.3 Å². The van der Waals surface area contributed by atoms with E-state index in [-0.39, 0.29) is 18.3 Å². The van der Waals surface area contributed by atoms with Gasteiger partial charge in [0.2, 0.25) is 0 Å². The minimum atomic E-state index is -0.0640. The Kier molecular flexibility index (Phi) is 8.01. The van der Waals surface area contributed by atoms with Crippen molar-refractivity contribution < 1.29 is 4.79 Å². The number of hydrogen-bond acceptors (Lipinski definition) is 5. The fourth-order valence-electron chi connectivity index (χ4n) is 3.64. The summed E-state index contributed by atoms with van der Waals surface area (Å²) in [6, 6.07) is 17.9. The smallest absolute Gasteiger partial charge is 0.263 e. The van der Waals surface area contributed by atoms with Crippen LogP contribution in [0.2, 0.25) is 0 Å². The summed E-state index contributed by atoms with van der Waals surface area (Å²) in [6.07, 6.45) is 1.67. The third-order valence-corrected chi connectivity index (χ3v) is 6.59. The van der Waals surface area contributed by atoms with Gasteiger partial charge in [-0.3, -0.25) is 9.69 Å². The molecule has 0 radical (unpaired) electrons. The van der Waals surface area contributed by atoms with Crippen LogP contribution in [0.15, 0.2) is 60.8 Å². The third-order valence-electron chi connectivity index (χ3n) is 5.53. The molecule has 0 N–H and O–H groups in total. The number of para-hydroxylation sites is 2. The van der Waals surface area contributed by atoms with E-state index in [0.29, 0.717) is 12.1 Å². The quantitative estimate of drug-likeness (QED) is 0.356. The monoisotopic (exact) mass is 469 g/mol. The highest BCUT2D eigenvalue weighted by molar-refractivity contribution is 7.22. The second kappa shape index (κ2) is 10.7. The number of thiazole rings is 1. The molecule has 6 nitrogen and oxygen atoms in total. The minimum absolute atomic E-state index is 0. The largest absolute Gasteiger partial charge is 0.302 e. The Balaban J connectivity index is 0.00000289. The molecule has 0 fully saturated rings. The van der Waals surface area contributed by atoms with Gasteiger partial charge in [0.25, 0.3) is 5.91 Å². The Hall–Kier alpha value is -2.74. The van der Waals surface area contributed by atoms with Gasteiger partial charge in [0.15, 0.2) is 5.13 Å². The number of fused-ring (bicyclic) bond motifs is 1. The van der Waals surface area contributed by atoms with Gasteiger partial charge in [-0.15, -0.1) is 12.4 Å².